The zero-order chi connectivity index (χ0) is 27.9. The van der Waals surface area contributed by atoms with Gasteiger partial charge in [-0.25, -0.2) is 12.7 Å². The van der Waals surface area contributed by atoms with Crippen LogP contribution < -0.4 is 9.47 Å². The third-order valence-corrected chi connectivity index (χ3v) is 9.69. The van der Waals surface area contributed by atoms with Crippen LogP contribution in [-0.4, -0.2) is 63.1 Å². The van der Waals surface area contributed by atoms with Gasteiger partial charge in [-0.3, -0.25) is 4.90 Å². The zero-order valence-electron chi connectivity index (χ0n) is 22.8. The fourth-order valence-electron chi connectivity index (χ4n) is 5.69. The number of ether oxygens (including phenoxy) is 2. The maximum Gasteiger partial charge on any atom is 0.242 e. The van der Waals surface area contributed by atoms with Crippen LogP contribution in [0, 0.1) is 0 Å². The van der Waals surface area contributed by atoms with Crippen molar-refractivity contribution in [1.82, 2.24) is 9.21 Å². The molecule has 7 nitrogen and oxygen atoms in total. The normalized spacial score (nSPS) is 17.3. The van der Waals surface area contributed by atoms with Crippen LogP contribution in [0.15, 0.2) is 77.7 Å². The van der Waals surface area contributed by atoms with Crippen molar-refractivity contribution in [2.45, 2.75) is 30.3 Å². The minimum Gasteiger partial charge on any atom is -0.508 e. The van der Waals surface area contributed by atoms with Crippen LogP contribution in [0.5, 0.6) is 17.2 Å². The van der Waals surface area contributed by atoms with E-state index in [4.69, 9.17) is 9.47 Å². The SMILES string of the molecule is CN(C)S(=O)(=O)c1ccc2c(c1)OC(c1ccc(OCCN3CCCCC3)cc1)c1c-2ccc2cc(O)ccc12. The third-order valence-electron chi connectivity index (χ3n) is 7.88. The molecule has 2 aliphatic rings. The van der Waals surface area contributed by atoms with E-state index in [0.717, 1.165) is 58.4 Å². The molecule has 1 fully saturated rings. The van der Waals surface area contributed by atoms with Crippen molar-refractivity contribution < 1.29 is 23.0 Å². The number of phenols is 1. The summed E-state index contributed by atoms with van der Waals surface area (Å²) < 4.78 is 39.6. The highest BCUT2D eigenvalue weighted by Crippen LogP contribution is 2.48. The first-order valence-corrected chi connectivity index (χ1v) is 15.2. The summed E-state index contributed by atoms with van der Waals surface area (Å²) in [5.74, 6) is 1.52. The Labute approximate surface area is 235 Å². The van der Waals surface area contributed by atoms with E-state index < -0.39 is 16.1 Å². The van der Waals surface area contributed by atoms with E-state index in [1.807, 2.05) is 48.5 Å². The summed E-state index contributed by atoms with van der Waals surface area (Å²) in [6.07, 6.45) is 3.36. The van der Waals surface area contributed by atoms with Gasteiger partial charge in [0.15, 0.2) is 6.10 Å². The number of sulfonamides is 1. The third kappa shape index (κ3) is 5.03. The summed E-state index contributed by atoms with van der Waals surface area (Å²) in [7, 11) is -0.588. The summed E-state index contributed by atoms with van der Waals surface area (Å²) >= 11 is 0. The first-order chi connectivity index (χ1) is 19.3. The average molecular weight is 559 g/mol. The number of benzene rings is 4. The standard InChI is InChI=1S/C32H34N2O5S/c1-33(2)40(36,37)26-12-15-28-29-13-8-23-20-24(35)9-14-27(23)31(29)32(39-30(28)21-26)22-6-10-25(11-7-22)38-19-18-34-16-4-3-5-17-34/h6-15,20-21,32,35H,3-5,16-19H2,1-2H3. The molecule has 40 heavy (non-hydrogen) atoms. The molecule has 1 unspecified atom stereocenters. The van der Waals surface area contributed by atoms with Gasteiger partial charge in [-0.15, -0.1) is 0 Å². The number of aromatic hydroxyl groups is 1. The monoisotopic (exact) mass is 558 g/mol. The van der Waals surface area contributed by atoms with Crippen molar-refractivity contribution in [3.8, 4) is 28.4 Å². The van der Waals surface area contributed by atoms with Crippen LogP contribution in [0.25, 0.3) is 21.9 Å². The lowest BCUT2D eigenvalue weighted by Gasteiger charge is -2.31. The van der Waals surface area contributed by atoms with E-state index in [1.54, 1.807) is 24.3 Å². The summed E-state index contributed by atoms with van der Waals surface area (Å²) in [6, 6.07) is 22.3. The fraction of sp³-hybridized carbons (Fsp3) is 0.312. The lowest BCUT2D eigenvalue weighted by molar-refractivity contribution is 0.183. The summed E-state index contributed by atoms with van der Waals surface area (Å²) in [5.41, 5.74) is 3.71. The molecule has 6 rings (SSSR count). The van der Waals surface area contributed by atoms with Crippen LogP contribution >= 0.6 is 0 Å². The van der Waals surface area contributed by atoms with Crippen LogP contribution in [-0.2, 0) is 10.0 Å². The topological polar surface area (TPSA) is 79.3 Å². The van der Waals surface area contributed by atoms with E-state index >= 15 is 0 Å². The minimum atomic E-state index is -3.63. The molecule has 0 amide bonds. The van der Waals surface area contributed by atoms with E-state index in [0.29, 0.717) is 12.4 Å². The molecule has 2 aliphatic heterocycles. The number of likely N-dealkylation sites (tertiary alicyclic amines) is 1. The number of phenolic OH excluding ortho intramolecular Hbond substituents is 1. The highest BCUT2D eigenvalue weighted by atomic mass is 32.2. The Hall–Kier alpha value is -3.59. The van der Waals surface area contributed by atoms with Gasteiger partial charge in [0.1, 0.15) is 23.9 Å². The molecular weight excluding hydrogens is 524 g/mol. The molecule has 1 atom stereocenters. The van der Waals surface area contributed by atoms with Gasteiger partial charge < -0.3 is 14.6 Å². The second kappa shape index (κ2) is 10.8. The molecule has 208 valence electrons. The number of piperidine rings is 1. The van der Waals surface area contributed by atoms with Crippen molar-refractivity contribution >= 4 is 20.8 Å². The molecule has 4 aromatic rings. The first-order valence-electron chi connectivity index (χ1n) is 13.8. The van der Waals surface area contributed by atoms with Crippen molar-refractivity contribution in [2.24, 2.45) is 0 Å². The Kier molecular flexibility index (Phi) is 7.16. The molecule has 4 aromatic carbocycles. The molecule has 0 aliphatic carbocycles. The zero-order valence-corrected chi connectivity index (χ0v) is 23.7. The quantitative estimate of drug-likeness (QED) is 0.309. The second-order valence-corrected chi connectivity index (χ2v) is 12.8. The van der Waals surface area contributed by atoms with Crippen molar-refractivity contribution in [1.29, 1.82) is 0 Å². The van der Waals surface area contributed by atoms with E-state index in [2.05, 4.69) is 4.90 Å². The Bertz CT molecular complexity index is 1640. The van der Waals surface area contributed by atoms with Gasteiger partial charge in [-0.1, -0.05) is 36.8 Å². The number of rotatable bonds is 7. The molecule has 2 heterocycles. The van der Waals surface area contributed by atoms with Crippen molar-refractivity contribution in [2.75, 3.05) is 40.3 Å². The summed E-state index contributed by atoms with van der Waals surface area (Å²) in [4.78, 5) is 2.64. The highest BCUT2D eigenvalue weighted by molar-refractivity contribution is 7.89. The van der Waals surface area contributed by atoms with Gasteiger partial charge in [0, 0.05) is 37.8 Å². The molecular formula is C32H34N2O5S. The van der Waals surface area contributed by atoms with Gasteiger partial charge >= 0.3 is 0 Å². The van der Waals surface area contributed by atoms with Gasteiger partial charge in [0.25, 0.3) is 0 Å². The minimum absolute atomic E-state index is 0.182. The number of hydrogen-bond acceptors (Lipinski definition) is 6. The lowest BCUT2D eigenvalue weighted by Crippen LogP contribution is -2.33. The maximum absolute atomic E-state index is 12.9. The second-order valence-electron chi connectivity index (χ2n) is 10.7. The highest BCUT2D eigenvalue weighted by Gasteiger charge is 2.31. The Morgan fingerprint density at radius 2 is 1.68 bits per heavy atom. The maximum atomic E-state index is 12.9. The predicted octanol–water partition coefficient (Wildman–Crippen LogP) is 5.81. The molecule has 1 N–H and O–H groups in total. The van der Waals surface area contributed by atoms with Crippen molar-refractivity contribution in [3.63, 3.8) is 0 Å². The van der Waals surface area contributed by atoms with Gasteiger partial charge in [0.2, 0.25) is 10.0 Å². The summed E-state index contributed by atoms with van der Waals surface area (Å²) in [6.45, 7) is 3.86. The van der Waals surface area contributed by atoms with E-state index in [1.165, 1.54) is 37.7 Å². The molecule has 0 saturated carbocycles. The number of hydrogen-bond donors (Lipinski definition) is 1. The molecule has 1 saturated heterocycles. The van der Waals surface area contributed by atoms with Crippen LogP contribution in [0.3, 0.4) is 0 Å². The number of fused-ring (bicyclic) bond motifs is 5. The van der Waals surface area contributed by atoms with Crippen molar-refractivity contribution in [3.05, 3.63) is 83.9 Å². The van der Waals surface area contributed by atoms with Gasteiger partial charge in [-0.05, 0) is 84.2 Å². The molecule has 0 bridgehead atoms. The van der Waals surface area contributed by atoms with E-state index in [-0.39, 0.29) is 10.6 Å². The Balaban J connectivity index is 1.36. The smallest absolute Gasteiger partial charge is 0.242 e. The molecule has 0 spiro atoms. The van der Waals surface area contributed by atoms with Crippen LogP contribution in [0.2, 0.25) is 0 Å². The predicted molar refractivity (Wildman–Crippen MR) is 157 cm³/mol. The Morgan fingerprint density at radius 3 is 2.42 bits per heavy atom. The van der Waals surface area contributed by atoms with Crippen LogP contribution in [0.1, 0.15) is 36.5 Å². The number of nitrogens with zero attached hydrogens (tertiary/aromatic N) is 2. The van der Waals surface area contributed by atoms with Crippen LogP contribution in [0.4, 0.5) is 0 Å². The Morgan fingerprint density at radius 1 is 0.925 bits per heavy atom. The van der Waals surface area contributed by atoms with Gasteiger partial charge in [0.05, 0.1) is 4.90 Å². The molecule has 8 heteroatoms. The summed E-state index contributed by atoms with van der Waals surface area (Å²) in [5, 5.41) is 12.0. The fourth-order valence-corrected chi connectivity index (χ4v) is 6.61. The molecule has 0 radical (unpaired) electrons. The lowest BCUT2D eigenvalue weighted by atomic mass is 9.86. The van der Waals surface area contributed by atoms with E-state index in [9.17, 15) is 13.5 Å². The first kappa shape index (κ1) is 26.6. The van der Waals surface area contributed by atoms with Gasteiger partial charge in [-0.2, -0.15) is 0 Å². The largest absolute Gasteiger partial charge is 0.508 e. The average Bonchev–Trinajstić information content (AvgIpc) is 2.97. The molecule has 0 aromatic heterocycles.